The number of amides is 2. The summed E-state index contributed by atoms with van der Waals surface area (Å²) >= 11 is 6.25. The minimum atomic E-state index is -3.83. The topological polar surface area (TPSA) is 96.0 Å². The molecular weight excluding hydrogens is 514 g/mol. The van der Waals surface area contributed by atoms with Crippen LogP contribution in [-0.2, 0) is 26.2 Å². The van der Waals surface area contributed by atoms with Gasteiger partial charge in [-0.3, -0.25) is 13.9 Å². The van der Waals surface area contributed by atoms with Gasteiger partial charge in [0.2, 0.25) is 21.8 Å². The fraction of sp³-hybridized carbons (Fsp3) is 0.481. The lowest BCUT2D eigenvalue weighted by molar-refractivity contribution is -0.139. The molecular formula is C27H36ClN3O5S. The molecule has 0 radical (unpaired) electrons. The first-order valence-electron chi connectivity index (χ1n) is 12.5. The molecule has 37 heavy (non-hydrogen) atoms. The van der Waals surface area contributed by atoms with Crippen LogP contribution in [0.1, 0.15) is 50.2 Å². The van der Waals surface area contributed by atoms with Crippen molar-refractivity contribution in [1.82, 2.24) is 10.2 Å². The number of nitrogens with zero attached hydrogens (tertiary/aromatic N) is 2. The third-order valence-corrected chi connectivity index (χ3v) is 8.33. The Hall–Kier alpha value is -2.78. The van der Waals surface area contributed by atoms with Gasteiger partial charge in [0.05, 0.1) is 19.1 Å². The first kappa shape index (κ1) is 28.8. The number of carbonyl (C=O) groups is 2. The minimum absolute atomic E-state index is 0.0825. The number of hydrogen-bond acceptors (Lipinski definition) is 5. The average molecular weight is 550 g/mol. The number of hydrogen-bond donors (Lipinski definition) is 1. The molecule has 0 aromatic heterocycles. The molecule has 1 N–H and O–H groups in total. The van der Waals surface area contributed by atoms with Crippen molar-refractivity contribution in [2.24, 2.45) is 0 Å². The molecule has 1 saturated carbocycles. The second-order valence-corrected chi connectivity index (χ2v) is 11.9. The number of benzene rings is 2. The number of halogens is 1. The molecule has 2 amide bonds. The second-order valence-electron chi connectivity index (χ2n) is 9.55. The molecule has 10 heteroatoms. The largest absolute Gasteiger partial charge is 0.497 e. The first-order valence-corrected chi connectivity index (χ1v) is 14.7. The summed E-state index contributed by atoms with van der Waals surface area (Å²) in [6.07, 6.45) is 6.16. The van der Waals surface area contributed by atoms with Gasteiger partial charge in [-0.2, -0.15) is 0 Å². The number of rotatable bonds is 10. The number of sulfonamides is 1. The summed E-state index contributed by atoms with van der Waals surface area (Å²) < 4.78 is 31.9. The van der Waals surface area contributed by atoms with Crippen LogP contribution in [0.2, 0.25) is 5.02 Å². The highest BCUT2D eigenvalue weighted by Crippen LogP contribution is 2.28. The number of carbonyl (C=O) groups excluding carboxylic acids is 2. The zero-order chi connectivity index (χ0) is 27.2. The van der Waals surface area contributed by atoms with Gasteiger partial charge in [-0.1, -0.05) is 49.1 Å². The zero-order valence-electron chi connectivity index (χ0n) is 21.9. The minimum Gasteiger partial charge on any atom is -0.497 e. The van der Waals surface area contributed by atoms with E-state index in [-0.39, 0.29) is 18.5 Å². The van der Waals surface area contributed by atoms with Crippen LogP contribution in [0.15, 0.2) is 42.5 Å². The highest BCUT2D eigenvalue weighted by atomic mass is 35.5. The monoisotopic (exact) mass is 549 g/mol. The Morgan fingerprint density at radius 2 is 1.81 bits per heavy atom. The molecule has 1 fully saturated rings. The van der Waals surface area contributed by atoms with Crippen LogP contribution < -0.4 is 14.4 Å². The molecule has 1 aliphatic carbocycles. The van der Waals surface area contributed by atoms with Crippen molar-refractivity contribution in [3.05, 3.63) is 58.6 Å². The summed E-state index contributed by atoms with van der Waals surface area (Å²) in [6, 6.07) is 11.4. The Morgan fingerprint density at radius 1 is 1.14 bits per heavy atom. The van der Waals surface area contributed by atoms with E-state index < -0.39 is 28.5 Å². The van der Waals surface area contributed by atoms with E-state index in [0.717, 1.165) is 48.2 Å². The lowest BCUT2D eigenvalue weighted by Gasteiger charge is -2.33. The van der Waals surface area contributed by atoms with E-state index >= 15 is 0 Å². The van der Waals surface area contributed by atoms with Crippen molar-refractivity contribution in [3.8, 4) is 5.75 Å². The fourth-order valence-electron chi connectivity index (χ4n) is 4.58. The first-order chi connectivity index (χ1) is 17.5. The van der Waals surface area contributed by atoms with Gasteiger partial charge < -0.3 is 15.0 Å². The van der Waals surface area contributed by atoms with E-state index in [2.05, 4.69) is 5.32 Å². The number of methoxy groups -OCH3 is 1. The van der Waals surface area contributed by atoms with Crippen molar-refractivity contribution in [3.63, 3.8) is 0 Å². The molecule has 0 bridgehead atoms. The Balaban J connectivity index is 1.91. The molecule has 202 valence electrons. The van der Waals surface area contributed by atoms with Crippen LogP contribution in [0.25, 0.3) is 0 Å². The van der Waals surface area contributed by atoms with Crippen LogP contribution in [0.5, 0.6) is 5.75 Å². The van der Waals surface area contributed by atoms with E-state index in [1.807, 2.05) is 12.1 Å². The van der Waals surface area contributed by atoms with Gasteiger partial charge in [0, 0.05) is 17.6 Å². The molecule has 1 aliphatic rings. The Morgan fingerprint density at radius 3 is 2.46 bits per heavy atom. The number of ether oxygens (including phenoxy) is 1. The summed E-state index contributed by atoms with van der Waals surface area (Å²) in [7, 11) is -2.28. The normalized spacial score (nSPS) is 15.1. The Bertz CT molecular complexity index is 1210. The van der Waals surface area contributed by atoms with Crippen molar-refractivity contribution in [2.45, 2.75) is 64.6 Å². The predicted molar refractivity (Wildman–Crippen MR) is 146 cm³/mol. The molecule has 2 aromatic rings. The summed E-state index contributed by atoms with van der Waals surface area (Å²) in [6.45, 7) is 3.02. The van der Waals surface area contributed by atoms with E-state index in [4.69, 9.17) is 16.3 Å². The van der Waals surface area contributed by atoms with Crippen molar-refractivity contribution in [2.75, 3.05) is 24.2 Å². The maximum atomic E-state index is 13.7. The summed E-state index contributed by atoms with van der Waals surface area (Å²) in [4.78, 5) is 28.4. The lowest BCUT2D eigenvalue weighted by Crippen LogP contribution is -2.53. The zero-order valence-corrected chi connectivity index (χ0v) is 23.4. The molecule has 8 nitrogen and oxygen atoms in total. The molecule has 2 aromatic carbocycles. The maximum absolute atomic E-state index is 13.7. The maximum Gasteiger partial charge on any atom is 0.244 e. The van der Waals surface area contributed by atoms with Crippen LogP contribution in [0, 0.1) is 6.92 Å². The third kappa shape index (κ3) is 7.61. The average Bonchev–Trinajstić information content (AvgIpc) is 2.87. The van der Waals surface area contributed by atoms with Gasteiger partial charge in [-0.05, 0) is 62.1 Å². The summed E-state index contributed by atoms with van der Waals surface area (Å²) in [5.41, 5.74) is 1.63. The van der Waals surface area contributed by atoms with Gasteiger partial charge in [-0.25, -0.2) is 8.42 Å². The van der Waals surface area contributed by atoms with Crippen LogP contribution in [0.3, 0.4) is 0 Å². The van der Waals surface area contributed by atoms with Crippen LogP contribution in [0.4, 0.5) is 5.69 Å². The van der Waals surface area contributed by atoms with Gasteiger partial charge in [0.15, 0.2) is 0 Å². The molecule has 0 saturated heterocycles. The molecule has 0 heterocycles. The quantitative estimate of drug-likeness (QED) is 0.477. The van der Waals surface area contributed by atoms with Gasteiger partial charge in [-0.15, -0.1) is 0 Å². The van der Waals surface area contributed by atoms with E-state index in [0.29, 0.717) is 22.0 Å². The van der Waals surface area contributed by atoms with E-state index in [9.17, 15) is 18.0 Å². The van der Waals surface area contributed by atoms with Crippen LogP contribution >= 0.6 is 11.6 Å². The molecule has 0 aliphatic heterocycles. The Kier molecular flexibility index (Phi) is 9.84. The van der Waals surface area contributed by atoms with Crippen molar-refractivity contribution >= 4 is 39.1 Å². The predicted octanol–water partition coefficient (Wildman–Crippen LogP) is 4.29. The van der Waals surface area contributed by atoms with Gasteiger partial charge in [0.25, 0.3) is 0 Å². The van der Waals surface area contributed by atoms with E-state index in [1.165, 1.54) is 4.90 Å². The van der Waals surface area contributed by atoms with Crippen LogP contribution in [-0.4, -0.2) is 57.1 Å². The number of nitrogens with one attached hydrogen (secondary N) is 1. The van der Waals surface area contributed by atoms with Gasteiger partial charge >= 0.3 is 0 Å². The highest BCUT2D eigenvalue weighted by molar-refractivity contribution is 7.92. The molecule has 3 rings (SSSR count). The van der Waals surface area contributed by atoms with Gasteiger partial charge in [0.1, 0.15) is 18.3 Å². The summed E-state index contributed by atoms with van der Waals surface area (Å²) in [5.74, 6) is -0.136. The lowest BCUT2D eigenvalue weighted by atomic mass is 9.95. The molecule has 1 unspecified atom stereocenters. The molecule has 0 spiro atoms. The molecule has 1 atom stereocenters. The SMILES string of the molecule is COc1cccc(CN(C(=O)CN(c2cccc(Cl)c2C)S(C)(=O)=O)C(C)C(=O)NC2CCCCC2)c1. The standard InChI is InChI=1S/C27H36ClN3O5S/c1-19-24(28)14-9-15-25(19)31(37(4,34)35)18-26(32)30(17-21-10-8-13-23(16-21)36-3)20(2)27(33)29-22-11-6-5-7-12-22/h8-10,13-16,20,22H,5-7,11-12,17-18H2,1-4H3,(H,29,33). The third-order valence-electron chi connectivity index (χ3n) is 6.79. The van der Waals surface area contributed by atoms with E-state index in [1.54, 1.807) is 51.3 Å². The van der Waals surface area contributed by atoms with Crippen molar-refractivity contribution < 1.29 is 22.7 Å². The smallest absolute Gasteiger partial charge is 0.244 e. The van der Waals surface area contributed by atoms with Crippen molar-refractivity contribution in [1.29, 1.82) is 0 Å². The number of anilines is 1. The summed E-state index contributed by atoms with van der Waals surface area (Å²) in [5, 5.41) is 3.48. The Labute approximate surface area is 225 Å². The highest BCUT2D eigenvalue weighted by Gasteiger charge is 2.31. The second kappa shape index (κ2) is 12.6. The fourth-order valence-corrected chi connectivity index (χ4v) is 5.65.